The fourth-order valence-electron chi connectivity index (χ4n) is 1.65. The van der Waals surface area contributed by atoms with Crippen molar-refractivity contribution in [1.82, 2.24) is 4.98 Å². The number of nitrogens with one attached hydrogen (secondary N) is 1. The molecule has 1 N–H and O–H groups in total. The SMILES string of the molecule is CCC(C[Si](C)(C)C)N[Si](C)(C)C. The van der Waals surface area contributed by atoms with Crippen molar-refractivity contribution in [2.24, 2.45) is 0 Å². The van der Waals surface area contributed by atoms with Gasteiger partial charge in [0.1, 0.15) is 8.24 Å². The Bertz CT molecular complexity index is 128. The number of rotatable bonds is 5. The molecular weight excluding hydrogens is 190 g/mol. The lowest BCUT2D eigenvalue weighted by molar-refractivity contribution is 0.634. The van der Waals surface area contributed by atoms with Gasteiger partial charge >= 0.3 is 0 Å². The minimum Gasteiger partial charge on any atom is -0.335 e. The summed E-state index contributed by atoms with van der Waals surface area (Å²) in [5.41, 5.74) is 0. The molecule has 0 aromatic heterocycles. The van der Waals surface area contributed by atoms with Gasteiger partial charge in [-0.3, -0.25) is 0 Å². The van der Waals surface area contributed by atoms with Gasteiger partial charge in [-0.05, 0) is 18.5 Å². The first-order valence-electron chi connectivity index (χ1n) is 5.42. The van der Waals surface area contributed by atoms with Gasteiger partial charge in [0.25, 0.3) is 0 Å². The van der Waals surface area contributed by atoms with Crippen LogP contribution in [0.4, 0.5) is 0 Å². The highest BCUT2D eigenvalue weighted by Gasteiger charge is 2.23. The van der Waals surface area contributed by atoms with Crippen molar-refractivity contribution in [2.75, 3.05) is 0 Å². The van der Waals surface area contributed by atoms with Crippen molar-refractivity contribution in [2.45, 2.75) is 64.7 Å². The van der Waals surface area contributed by atoms with Gasteiger partial charge in [-0.25, -0.2) is 0 Å². The molecule has 3 heteroatoms. The molecule has 0 saturated carbocycles. The van der Waals surface area contributed by atoms with Crippen molar-refractivity contribution in [3.8, 4) is 0 Å². The second-order valence-corrected chi connectivity index (χ2v) is 16.6. The van der Waals surface area contributed by atoms with Crippen molar-refractivity contribution < 1.29 is 0 Å². The fraction of sp³-hybridized carbons (Fsp3) is 1.00. The predicted molar refractivity (Wildman–Crippen MR) is 68.7 cm³/mol. The highest BCUT2D eigenvalue weighted by atomic mass is 28.3. The van der Waals surface area contributed by atoms with Gasteiger partial charge in [-0.2, -0.15) is 0 Å². The molecule has 0 rings (SSSR count). The third-order valence-corrected chi connectivity index (χ3v) is 4.98. The molecule has 0 aliphatic carbocycles. The Kier molecular flexibility index (Phi) is 4.90. The molecule has 0 radical (unpaired) electrons. The molecule has 1 nitrogen and oxygen atoms in total. The van der Waals surface area contributed by atoms with Crippen LogP contribution < -0.4 is 4.98 Å². The normalized spacial score (nSPS) is 15.9. The molecular formula is C10H27NSi2. The van der Waals surface area contributed by atoms with E-state index in [9.17, 15) is 0 Å². The summed E-state index contributed by atoms with van der Waals surface area (Å²) in [6, 6.07) is 2.20. The molecule has 0 spiro atoms. The van der Waals surface area contributed by atoms with E-state index in [4.69, 9.17) is 0 Å². The summed E-state index contributed by atoms with van der Waals surface area (Å²) in [5, 5.41) is 0. The van der Waals surface area contributed by atoms with E-state index in [2.05, 4.69) is 51.2 Å². The lowest BCUT2D eigenvalue weighted by atomic mass is 10.3. The highest BCUT2D eigenvalue weighted by Crippen LogP contribution is 2.15. The molecule has 0 aromatic carbocycles. The first-order chi connectivity index (χ1) is 5.64. The molecule has 0 heterocycles. The lowest BCUT2D eigenvalue weighted by Gasteiger charge is -2.30. The van der Waals surface area contributed by atoms with E-state index in [1.165, 1.54) is 12.5 Å². The zero-order valence-electron chi connectivity index (χ0n) is 10.5. The Labute approximate surface area is 86.4 Å². The molecule has 0 bridgehead atoms. The predicted octanol–water partition coefficient (Wildman–Crippen LogP) is 3.53. The monoisotopic (exact) mass is 217 g/mol. The Morgan fingerprint density at radius 1 is 1.00 bits per heavy atom. The Hall–Kier alpha value is 0.394. The standard InChI is InChI=1S/C10H27NSi2/c1-8-10(9-12(2,3)4)11-13(5,6)7/h10-11H,8-9H2,1-7H3. The van der Waals surface area contributed by atoms with Crippen LogP contribution in [-0.4, -0.2) is 22.4 Å². The summed E-state index contributed by atoms with van der Waals surface area (Å²) >= 11 is 0. The first kappa shape index (κ1) is 13.4. The van der Waals surface area contributed by atoms with E-state index in [1.807, 2.05) is 0 Å². The van der Waals surface area contributed by atoms with Crippen LogP contribution in [0.15, 0.2) is 0 Å². The minimum atomic E-state index is -1.07. The molecule has 0 fully saturated rings. The maximum atomic E-state index is 3.84. The topological polar surface area (TPSA) is 12.0 Å². The van der Waals surface area contributed by atoms with E-state index < -0.39 is 16.3 Å². The molecule has 0 amide bonds. The summed E-state index contributed by atoms with van der Waals surface area (Å²) in [6.07, 6.45) is 1.29. The van der Waals surface area contributed by atoms with Gasteiger partial charge in [0.15, 0.2) is 0 Å². The minimum absolute atomic E-state index is 0.776. The molecule has 0 aliphatic rings. The van der Waals surface area contributed by atoms with Crippen LogP contribution in [0.25, 0.3) is 0 Å². The van der Waals surface area contributed by atoms with E-state index in [-0.39, 0.29) is 0 Å². The first-order valence-corrected chi connectivity index (χ1v) is 12.6. The number of hydrogen-bond donors (Lipinski definition) is 1. The van der Waals surface area contributed by atoms with Gasteiger partial charge in [-0.1, -0.05) is 46.2 Å². The maximum Gasteiger partial charge on any atom is 0.116 e. The van der Waals surface area contributed by atoms with Crippen molar-refractivity contribution >= 4 is 16.3 Å². The van der Waals surface area contributed by atoms with Crippen LogP contribution in [0.5, 0.6) is 0 Å². The molecule has 1 atom stereocenters. The van der Waals surface area contributed by atoms with Gasteiger partial charge in [0.05, 0.1) is 0 Å². The van der Waals surface area contributed by atoms with Crippen LogP contribution in [-0.2, 0) is 0 Å². The van der Waals surface area contributed by atoms with Gasteiger partial charge < -0.3 is 4.98 Å². The zero-order valence-corrected chi connectivity index (χ0v) is 12.5. The maximum absolute atomic E-state index is 3.84. The molecule has 80 valence electrons. The molecule has 0 aromatic rings. The third-order valence-electron chi connectivity index (χ3n) is 1.99. The molecule has 13 heavy (non-hydrogen) atoms. The van der Waals surface area contributed by atoms with Crippen LogP contribution in [0.1, 0.15) is 13.3 Å². The summed E-state index contributed by atoms with van der Waals surface area (Å²) in [4.78, 5) is 3.84. The fourth-order valence-corrected chi connectivity index (χ4v) is 5.25. The summed E-state index contributed by atoms with van der Waals surface area (Å²) in [6.45, 7) is 16.8. The van der Waals surface area contributed by atoms with Crippen LogP contribution in [0.2, 0.25) is 45.3 Å². The van der Waals surface area contributed by atoms with Gasteiger partial charge in [0.2, 0.25) is 0 Å². The lowest BCUT2D eigenvalue weighted by Crippen LogP contribution is -2.49. The largest absolute Gasteiger partial charge is 0.335 e. The average Bonchev–Trinajstić information content (AvgIpc) is 1.79. The molecule has 1 unspecified atom stereocenters. The Balaban J connectivity index is 4.05. The van der Waals surface area contributed by atoms with Crippen molar-refractivity contribution in [1.29, 1.82) is 0 Å². The summed E-state index contributed by atoms with van der Waals surface area (Å²) < 4.78 is 0. The van der Waals surface area contributed by atoms with E-state index >= 15 is 0 Å². The van der Waals surface area contributed by atoms with Crippen LogP contribution >= 0.6 is 0 Å². The summed E-state index contributed by atoms with van der Waals surface area (Å²) in [5.74, 6) is 0. The van der Waals surface area contributed by atoms with Crippen molar-refractivity contribution in [3.63, 3.8) is 0 Å². The Morgan fingerprint density at radius 3 is 1.69 bits per heavy atom. The molecule has 0 saturated heterocycles. The Morgan fingerprint density at radius 2 is 1.46 bits per heavy atom. The third kappa shape index (κ3) is 8.72. The second kappa shape index (κ2) is 4.76. The second-order valence-electron chi connectivity index (χ2n) is 6.26. The van der Waals surface area contributed by atoms with Crippen molar-refractivity contribution in [3.05, 3.63) is 0 Å². The molecule has 0 aliphatic heterocycles. The van der Waals surface area contributed by atoms with E-state index in [0.717, 1.165) is 6.04 Å². The van der Waals surface area contributed by atoms with E-state index in [0.29, 0.717) is 0 Å². The van der Waals surface area contributed by atoms with Crippen LogP contribution in [0, 0.1) is 0 Å². The van der Waals surface area contributed by atoms with Gasteiger partial charge in [-0.15, -0.1) is 0 Å². The van der Waals surface area contributed by atoms with Gasteiger partial charge in [0, 0.05) is 8.07 Å². The quantitative estimate of drug-likeness (QED) is 0.695. The smallest absolute Gasteiger partial charge is 0.116 e. The van der Waals surface area contributed by atoms with E-state index in [1.54, 1.807) is 0 Å². The number of hydrogen-bond acceptors (Lipinski definition) is 1. The summed E-state index contributed by atoms with van der Waals surface area (Å²) in [7, 11) is -1.95. The highest BCUT2D eigenvalue weighted by molar-refractivity contribution is 6.77. The average molecular weight is 218 g/mol. The van der Waals surface area contributed by atoms with Crippen LogP contribution in [0.3, 0.4) is 0 Å². The zero-order chi connectivity index (χ0) is 10.7.